The number of anilines is 1. The van der Waals surface area contributed by atoms with Gasteiger partial charge in [-0.05, 0) is 52.0 Å². The molecule has 0 saturated carbocycles. The van der Waals surface area contributed by atoms with Crippen molar-refractivity contribution in [2.24, 2.45) is 0 Å². The Balaban J connectivity index is 1.59. The van der Waals surface area contributed by atoms with Crippen LogP contribution in [-0.2, 0) is 6.54 Å². The Labute approximate surface area is 143 Å². The summed E-state index contributed by atoms with van der Waals surface area (Å²) in [7, 11) is 4.20. The molecule has 0 aliphatic carbocycles. The molecule has 3 rings (SSSR count). The number of piperidine rings is 1. The van der Waals surface area contributed by atoms with E-state index in [-0.39, 0.29) is 5.82 Å². The predicted molar refractivity (Wildman–Crippen MR) is 93.8 cm³/mol. The van der Waals surface area contributed by atoms with Crippen molar-refractivity contribution in [2.45, 2.75) is 31.7 Å². The van der Waals surface area contributed by atoms with Gasteiger partial charge in [0.15, 0.2) is 11.6 Å². The van der Waals surface area contributed by atoms with Crippen molar-refractivity contribution in [1.29, 1.82) is 0 Å². The number of rotatable bonds is 6. The molecule has 2 aromatic rings. The van der Waals surface area contributed by atoms with E-state index in [2.05, 4.69) is 39.7 Å². The standard InChI is InChI=1S/C18H26FN5/c1-22(2)10-4-11-23-14-9-21-17(23)15-6-12-24(13-7-15)18-16(19)5-3-8-20-18/h3,5,8-9,14-15H,4,6-7,10-13H2,1-2H3. The zero-order chi connectivity index (χ0) is 16.9. The van der Waals surface area contributed by atoms with Gasteiger partial charge in [0.1, 0.15) is 5.82 Å². The van der Waals surface area contributed by atoms with E-state index < -0.39 is 0 Å². The largest absolute Gasteiger partial charge is 0.354 e. The number of aromatic nitrogens is 3. The van der Waals surface area contributed by atoms with E-state index in [1.807, 2.05) is 11.1 Å². The predicted octanol–water partition coefficient (Wildman–Crippen LogP) is 2.75. The molecule has 0 radical (unpaired) electrons. The molecule has 1 aliphatic heterocycles. The molecule has 3 heterocycles. The van der Waals surface area contributed by atoms with E-state index in [9.17, 15) is 4.39 Å². The Bertz CT molecular complexity index is 646. The second kappa shape index (κ2) is 7.75. The highest BCUT2D eigenvalue weighted by atomic mass is 19.1. The number of aryl methyl sites for hydroxylation is 1. The van der Waals surface area contributed by atoms with Crippen molar-refractivity contribution in [1.82, 2.24) is 19.4 Å². The van der Waals surface area contributed by atoms with Crippen LogP contribution in [0.5, 0.6) is 0 Å². The first-order valence-corrected chi connectivity index (χ1v) is 8.66. The van der Waals surface area contributed by atoms with Crippen molar-refractivity contribution in [3.8, 4) is 0 Å². The van der Waals surface area contributed by atoms with Gasteiger partial charge in [0.05, 0.1) is 0 Å². The highest BCUT2D eigenvalue weighted by Gasteiger charge is 2.25. The van der Waals surface area contributed by atoms with Crippen molar-refractivity contribution >= 4 is 5.82 Å². The maximum atomic E-state index is 13.9. The molecule has 0 N–H and O–H groups in total. The summed E-state index contributed by atoms with van der Waals surface area (Å²) in [6, 6.07) is 3.11. The van der Waals surface area contributed by atoms with Gasteiger partial charge in [0.2, 0.25) is 0 Å². The first-order chi connectivity index (χ1) is 11.6. The smallest absolute Gasteiger partial charge is 0.165 e. The molecule has 0 unspecified atom stereocenters. The fourth-order valence-electron chi connectivity index (χ4n) is 3.39. The Morgan fingerprint density at radius 3 is 2.71 bits per heavy atom. The second-order valence-electron chi connectivity index (χ2n) is 6.71. The lowest BCUT2D eigenvalue weighted by atomic mass is 9.96. The molecular weight excluding hydrogens is 305 g/mol. The molecule has 0 atom stereocenters. The van der Waals surface area contributed by atoms with Crippen LogP contribution in [0.3, 0.4) is 0 Å². The Morgan fingerprint density at radius 1 is 1.21 bits per heavy atom. The van der Waals surface area contributed by atoms with Crippen molar-refractivity contribution in [2.75, 3.05) is 38.6 Å². The third-order valence-electron chi connectivity index (χ3n) is 4.65. The van der Waals surface area contributed by atoms with Gasteiger partial charge in [-0.25, -0.2) is 14.4 Å². The summed E-state index contributed by atoms with van der Waals surface area (Å²) < 4.78 is 16.2. The zero-order valence-electron chi connectivity index (χ0n) is 14.5. The van der Waals surface area contributed by atoms with Gasteiger partial charge in [0.25, 0.3) is 0 Å². The zero-order valence-corrected chi connectivity index (χ0v) is 14.5. The van der Waals surface area contributed by atoms with E-state index in [1.54, 1.807) is 12.3 Å². The van der Waals surface area contributed by atoms with Crippen LogP contribution in [0.1, 0.15) is 31.0 Å². The summed E-state index contributed by atoms with van der Waals surface area (Å²) >= 11 is 0. The van der Waals surface area contributed by atoms with Gasteiger partial charge in [-0.3, -0.25) is 0 Å². The quantitative estimate of drug-likeness (QED) is 0.816. The molecule has 130 valence electrons. The monoisotopic (exact) mass is 331 g/mol. The Morgan fingerprint density at radius 2 is 2.00 bits per heavy atom. The molecule has 0 spiro atoms. The molecule has 1 saturated heterocycles. The molecule has 1 fully saturated rings. The highest BCUT2D eigenvalue weighted by molar-refractivity contribution is 5.40. The molecule has 0 amide bonds. The van der Waals surface area contributed by atoms with Crippen LogP contribution in [-0.4, -0.2) is 53.2 Å². The van der Waals surface area contributed by atoms with Crippen molar-refractivity contribution in [3.63, 3.8) is 0 Å². The van der Waals surface area contributed by atoms with E-state index in [0.717, 1.165) is 45.4 Å². The average Bonchev–Trinajstić information content (AvgIpc) is 3.04. The fourth-order valence-corrected chi connectivity index (χ4v) is 3.39. The lowest BCUT2D eigenvalue weighted by Crippen LogP contribution is -2.34. The molecule has 6 heteroatoms. The van der Waals surface area contributed by atoms with E-state index >= 15 is 0 Å². The normalized spacial score (nSPS) is 16.1. The molecule has 2 aromatic heterocycles. The summed E-state index contributed by atoms with van der Waals surface area (Å²) in [4.78, 5) is 13.0. The molecule has 0 aromatic carbocycles. The van der Waals surface area contributed by atoms with Crippen LogP contribution >= 0.6 is 0 Å². The number of hydrogen-bond acceptors (Lipinski definition) is 4. The topological polar surface area (TPSA) is 37.2 Å². The van der Waals surface area contributed by atoms with Crippen LogP contribution in [0.15, 0.2) is 30.7 Å². The molecule has 5 nitrogen and oxygen atoms in total. The fraction of sp³-hybridized carbons (Fsp3) is 0.556. The van der Waals surface area contributed by atoms with Gasteiger partial charge in [-0.2, -0.15) is 0 Å². The number of nitrogens with zero attached hydrogens (tertiary/aromatic N) is 5. The SMILES string of the molecule is CN(C)CCCn1ccnc1C1CCN(c2ncccc2F)CC1. The maximum absolute atomic E-state index is 13.9. The summed E-state index contributed by atoms with van der Waals surface area (Å²) in [6.45, 7) is 3.73. The van der Waals surface area contributed by atoms with Gasteiger partial charge in [0, 0.05) is 44.1 Å². The summed E-state index contributed by atoms with van der Waals surface area (Å²) in [6.07, 6.45) is 8.73. The third-order valence-corrected chi connectivity index (χ3v) is 4.65. The van der Waals surface area contributed by atoms with E-state index in [0.29, 0.717) is 11.7 Å². The molecule has 0 bridgehead atoms. The number of halogens is 1. The van der Waals surface area contributed by atoms with Crippen LogP contribution in [0.25, 0.3) is 0 Å². The summed E-state index contributed by atoms with van der Waals surface area (Å²) in [5, 5.41) is 0. The lowest BCUT2D eigenvalue weighted by Gasteiger charge is -2.32. The molecule has 24 heavy (non-hydrogen) atoms. The van der Waals surface area contributed by atoms with Crippen molar-refractivity contribution in [3.05, 3.63) is 42.4 Å². The third kappa shape index (κ3) is 3.93. The first kappa shape index (κ1) is 16.9. The van der Waals surface area contributed by atoms with Gasteiger partial charge < -0.3 is 14.4 Å². The summed E-state index contributed by atoms with van der Waals surface area (Å²) in [5.41, 5.74) is 0. The van der Waals surface area contributed by atoms with Crippen LogP contribution in [0.2, 0.25) is 0 Å². The number of pyridine rings is 1. The summed E-state index contributed by atoms with van der Waals surface area (Å²) in [5.74, 6) is 1.86. The average molecular weight is 331 g/mol. The van der Waals surface area contributed by atoms with E-state index in [1.165, 1.54) is 11.9 Å². The van der Waals surface area contributed by atoms with Gasteiger partial charge in [-0.1, -0.05) is 0 Å². The minimum absolute atomic E-state index is 0.235. The second-order valence-corrected chi connectivity index (χ2v) is 6.71. The number of imidazole rings is 1. The molecular formula is C18H26FN5. The van der Waals surface area contributed by atoms with Crippen LogP contribution in [0, 0.1) is 5.82 Å². The Kier molecular flexibility index (Phi) is 5.45. The number of hydrogen-bond donors (Lipinski definition) is 0. The van der Waals surface area contributed by atoms with Crippen LogP contribution < -0.4 is 4.90 Å². The van der Waals surface area contributed by atoms with E-state index in [4.69, 9.17) is 0 Å². The minimum atomic E-state index is -0.235. The first-order valence-electron chi connectivity index (χ1n) is 8.66. The minimum Gasteiger partial charge on any atom is -0.354 e. The maximum Gasteiger partial charge on any atom is 0.165 e. The van der Waals surface area contributed by atoms with Gasteiger partial charge >= 0.3 is 0 Å². The van der Waals surface area contributed by atoms with Crippen molar-refractivity contribution < 1.29 is 4.39 Å². The van der Waals surface area contributed by atoms with Gasteiger partial charge in [-0.15, -0.1) is 0 Å². The highest BCUT2D eigenvalue weighted by Crippen LogP contribution is 2.29. The lowest BCUT2D eigenvalue weighted by molar-refractivity contribution is 0.379. The molecule has 1 aliphatic rings. The Hall–Kier alpha value is -1.95. The van der Waals surface area contributed by atoms with Crippen LogP contribution in [0.4, 0.5) is 10.2 Å².